The molecule has 20 heavy (non-hydrogen) atoms. The zero-order valence-electron chi connectivity index (χ0n) is 12.7. The number of carbonyl (C=O) groups is 1. The van der Waals surface area contributed by atoms with E-state index in [0.29, 0.717) is 5.75 Å². The van der Waals surface area contributed by atoms with Gasteiger partial charge in [0.15, 0.2) is 6.61 Å². The summed E-state index contributed by atoms with van der Waals surface area (Å²) in [6.07, 6.45) is 3.37. The Hall–Kier alpha value is -1.55. The summed E-state index contributed by atoms with van der Waals surface area (Å²) in [7, 11) is 0. The maximum atomic E-state index is 10.6. The highest BCUT2D eigenvalue weighted by Gasteiger charge is 2.22. The maximum absolute atomic E-state index is 10.6. The summed E-state index contributed by atoms with van der Waals surface area (Å²) in [6, 6.07) is 7.75. The van der Waals surface area contributed by atoms with Gasteiger partial charge < -0.3 is 15.8 Å². The fourth-order valence-electron chi connectivity index (χ4n) is 2.27. The van der Waals surface area contributed by atoms with Crippen molar-refractivity contribution in [2.75, 3.05) is 6.61 Å². The van der Waals surface area contributed by atoms with E-state index in [1.165, 1.54) is 5.56 Å². The number of rotatable bonds is 9. The van der Waals surface area contributed by atoms with Crippen molar-refractivity contribution in [3.8, 4) is 5.75 Å². The third kappa shape index (κ3) is 4.85. The van der Waals surface area contributed by atoms with Crippen LogP contribution in [-0.2, 0) is 11.3 Å². The predicted molar refractivity (Wildman–Crippen MR) is 81.6 cm³/mol. The highest BCUT2D eigenvalue weighted by Crippen LogP contribution is 2.20. The average Bonchev–Trinajstić information content (AvgIpc) is 2.48. The van der Waals surface area contributed by atoms with Crippen LogP contribution in [0, 0.1) is 0 Å². The van der Waals surface area contributed by atoms with Gasteiger partial charge in [-0.15, -0.1) is 0 Å². The number of benzene rings is 1. The van der Waals surface area contributed by atoms with E-state index in [4.69, 9.17) is 10.5 Å². The largest absolute Gasteiger partial charge is 0.484 e. The molecule has 0 aliphatic rings. The Balaban J connectivity index is 2.55. The first-order valence-corrected chi connectivity index (χ1v) is 7.30. The molecular weight excluding hydrogens is 252 g/mol. The Morgan fingerprint density at radius 1 is 1.15 bits per heavy atom. The molecule has 0 aliphatic heterocycles. The van der Waals surface area contributed by atoms with Gasteiger partial charge in [0.2, 0.25) is 0 Å². The number of ether oxygens (including phenoxy) is 1. The molecule has 0 radical (unpaired) electrons. The van der Waals surface area contributed by atoms with Crippen molar-refractivity contribution < 1.29 is 9.53 Å². The monoisotopic (exact) mass is 278 g/mol. The highest BCUT2D eigenvalue weighted by molar-refractivity contribution is 5.75. The van der Waals surface area contributed by atoms with Crippen molar-refractivity contribution in [2.45, 2.75) is 52.1 Å². The second kappa shape index (κ2) is 7.90. The molecule has 1 amide bonds. The summed E-state index contributed by atoms with van der Waals surface area (Å²) in [6.45, 7) is 7.43. The Bertz CT molecular complexity index is 403. The van der Waals surface area contributed by atoms with Gasteiger partial charge in [0.05, 0.1) is 0 Å². The SMILES string of the molecule is CCC(CC)(CC)NCc1ccc(OCC(N)=O)cc1. The molecule has 4 nitrogen and oxygen atoms in total. The summed E-state index contributed by atoms with van der Waals surface area (Å²) in [5.41, 5.74) is 6.47. The molecule has 0 aromatic heterocycles. The molecular formula is C16H26N2O2. The molecule has 3 N–H and O–H groups in total. The third-order valence-electron chi connectivity index (χ3n) is 4.00. The molecule has 0 fully saturated rings. The van der Waals surface area contributed by atoms with Crippen molar-refractivity contribution in [1.29, 1.82) is 0 Å². The minimum absolute atomic E-state index is 0.0811. The van der Waals surface area contributed by atoms with E-state index in [0.717, 1.165) is 25.8 Å². The Morgan fingerprint density at radius 2 is 1.70 bits per heavy atom. The normalized spacial score (nSPS) is 11.3. The van der Waals surface area contributed by atoms with Crippen LogP contribution in [0.4, 0.5) is 0 Å². The lowest BCUT2D eigenvalue weighted by molar-refractivity contribution is -0.119. The quantitative estimate of drug-likeness (QED) is 0.730. The van der Waals surface area contributed by atoms with E-state index in [2.05, 4.69) is 26.1 Å². The van der Waals surface area contributed by atoms with Crippen LogP contribution in [0.2, 0.25) is 0 Å². The van der Waals surface area contributed by atoms with Gasteiger partial charge in [0.1, 0.15) is 5.75 Å². The zero-order valence-corrected chi connectivity index (χ0v) is 12.7. The van der Waals surface area contributed by atoms with Gasteiger partial charge in [-0.05, 0) is 37.0 Å². The lowest BCUT2D eigenvalue weighted by Gasteiger charge is -2.32. The van der Waals surface area contributed by atoms with E-state index >= 15 is 0 Å². The molecule has 1 aromatic carbocycles. The lowest BCUT2D eigenvalue weighted by Crippen LogP contribution is -2.43. The van der Waals surface area contributed by atoms with Crippen LogP contribution in [0.1, 0.15) is 45.6 Å². The summed E-state index contributed by atoms with van der Waals surface area (Å²) in [5, 5.41) is 3.65. The number of carbonyl (C=O) groups excluding carboxylic acids is 1. The fourth-order valence-corrected chi connectivity index (χ4v) is 2.27. The number of amides is 1. The van der Waals surface area contributed by atoms with Crippen LogP contribution in [-0.4, -0.2) is 18.1 Å². The van der Waals surface area contributed by atoms with Gasteiger partial charge in [-0.25, -0.2) is 0 Å². The van der Waals surface area contributed by atoms with Gasteiger partial charge in [0, 0.05) is 12.1 Å². The molecule has 0 heterocycles. The van der Waals surface area contributed by atoms with Gasteiger partial charge in [-0.3, -0.25) is 4.79 Å². The molecule has 1 rings (SSSR count). The van der Waals surface area contributed by atoms with E-state index < -0.39 is 5.91 Å². The van der Waals surface area contributed by atoms with Crippen LogP contribution >= 0.6 is 0 Å². The van der Waals surface area contributed by atoms with E-state index in [-0.39, 0.29) is 12.1 Å². The maximum Gasteiger partial charge on any atom is 0.255 e. The molecule has 0 bridgehead atoms. The topological polar surface area (TPSA) is 64.3 Å². The minimum Gasteiger partial charge on any atom is -0.484 e. The van der Waals surface area contributed by atoms with Crippen LogP contribution < -0.4 is 15.8 Å². The summed E-state index contributed by atoms with van der Waals surface area (Å²) in [5.74, 6) is 0.203. The first-order valence-electron chi connectivity index (χ1n) is 7.30. The summed E-state index contributed by atoms with van der Waals surface area (Å²) < 4.78 is 5.24. The molecule has 0 atom stereocenters. The van der Waals surface area contributed by atoms with Crippen molar-refractivity contribution in [3.63, 3.8) is 0 Å². The predicted octanol–water partition coefficient (Wildman–Crippen LogP) is 2.61. The first kappa shape index (κ1) is 16.5. The molecule has 4 heteroatoms. The van der Waals surface area contributed by atoms with Crippen LogP contribution in [0.3, 0.4) is 0 Å². The number of hydrogen-bond donors (Lipinski definition) is 2. The molecule has 1 aromatic rings. The van der Waals surface area contributed by atoms with E-state index in [1.807, 2.05) is 24.3 Å². The van der Waals surface area contributed by atoms with Crippen LogP contribution in [0.5, 0.6) is 5.75 Å². The fraction of sp³-hybridized carbons (Fsp3) is 0.562. The Kier molecular flexibility index (Phi) is 6.52. The highest BCUT2D eigenvalue weighted by atomic mass is 16.5. The van der Waals surface area contributed by atoms with E-state index in [9.17, 15) is 4.79 Å². The van der Waals surface area contributed by atoms with Crippen molar-refractivity contribution in [1.82, 2.24) is 5.32 Å². The molecule has 0 saturated heterocycles. The molecule has 0 aliphatic carbocycles. The van der Waals surface area contributed by atoms with E-state index in [1.54, 1.807) is 0 Å². The number of hydrogen-bond acceptors (Lipinski definition) is 3. The Morgan fingerprint density at radius 3 is 2.15 bits per heavy atom. The average molecular weight is 278 g/mol. The third-order valence-corrected chi connectivity index (χ3v) is 4.00. The summed E-state index contributed by atoms with van der Waals surface area (Å²) in [4.78, 5) is 10.6. The van der Waals surface area contributed by atoms with Crippen LogP contribution in [0.15, 0.2) is 24.3 Å². The van der Waals surface area contributed by atoms with Gasteiger partial charge >= 0.3 is 0 Å². The van der Waals surface area contributed by atoms with Gasteiger partial charge in [-0.1, -0.05) is 32.9 Å². The van der Waals surface area contributed by atoms with Gasteiger partial charge in [-0.2, -0.15) is 0 Å². The second-order valence-electron chi connectivity index (χ2n) is 5.09. The molecule has 0 unspecified atom stereocenters. The van der Waals surface area contributed by atoms with Crippen molar-refractivity contribution in [2.24, 2.45) is 5.73 Å². The number of nitrogens with one attached hydrogen (secondary N) is 1. The Labute approximate surface area is 121 Å². The molecule has 112 valence electrons. The van der Waals surface area contributed by atoms with Crippen LogP contribution in [0.25, 0.3) is 0 Å². The number of nitrogens with two attached hydrogens (primary N) is 1. The zero-order chi connectivity index (χ0) is 15.0. The number of primary amides is 1. The minimum atomic E-state index is -0.464. The van der Waals surface area contributed by atoms with Crippen molar-refractivity contribution in [3.05, 3.63) is 29.8 Å². The lowest BCUT2D eigenvalue weighted by atomic mass is 9.89. The molecule has 0 saturated carbocycles. The molecule has 0 spiro atoms. The first-order chi connectivity index (χ1) is 9.55. The van der Waals surface area contributed by atoms with Gasteiger partial charge in [0.25, 0.3) is 5.91 Å². The summed E-state index contributed by atoms with van der Waals surface area (Å²) >= 11 is 0. The standard InChI is InChI=1S/C16H26N2O2/c1-4-16(5-2,6-3)18-11-13-7-9-14(10-8-13)20-12-15(17)19/h7-10,18H,4-6,11-12H2,1-3H3,(H2,17,19). The smallest absolute Gasteiger partial charge is 0.255 e. The van der Waals surface area contributed by atoms with Crippen molar-refractivity contribution >= 4 is 5.91 Å². The second-order valence-corrected chi connectivity index (χ2v) is 5.09.